The van der Waals surface area contributed by atoms with Crippen LogP contribution >= 0.6 is 11.3 Å². The van der Waals surface area contributed by atoms with Crippen molar-refractivity contribution >= 4 is 11.3 Å². The van der Waals surface area contributed by atoms with Gasteiger partial charge in [-0.05, 0) is 54.1 Å². The Balaban J connectivity index is 2.11. The van der Waals surface area contributed by atoms with Crippen molar-refractivity contribution in [2.45, 2.75) is 26.8 Å². The van der Waals surface area contributed by atoms with E-state index in [1.54, 1.807) is 0 Å². The maximum absolute atomic E-state index is 3.44. The van der Waals surface area contributed by atoms with Crippen molar-refractivity contribution in [1.82, 2.24) is 5.32 Å². The van der Waals surface area contributed by atoms with Gasteiger partial charge in [0.2, 0.25) is 0 Å². The molecule has 0 aliphatic carbocycles. The molecule has 2 heteroatoms. The zero-order chi connectivity index (χ0) is 12.1. The van der Waals surface area contributed by atoms with E-state index < -0.39 is 0 Å². The molecule has 1 heterocycles. The summed E-state index contributed by atoms with van der Waals surface area (Å²) in [6.07, 6.45) is 1.18. The van der Waals surface area contributed by atoms with Gasteiger partial charge >= 0.3 is 0 Å². The molecular formula is C15H19NS. The standard InChI is InChI=1S/C15H19NS/c1-3-7-16-10-13-5-4-6-14(9-13)15-8-12(2)17-11-15/h4-6,8-9,11,16H,3,7,10H2,1-2H3. The lowest BCUT2D eigenvalue weighted by Crippen LogP contribution is -2.13. The average molecular weight is 245 g/mol. The Morgan fingerprint density at radius 3 is 2.76 bits per heavy atom. The van der Waals surface area contributed by atoms with Crippen LogP contribution in [0.4, 0.5) is 0 Å². The third-order valence-electron chi connectivity index (χ3n) is 2.75. The van der Waals surface area contributed by atoms with Crippen LogP contribution in [-0.2, 0) is 6.54 Å². The van der Waals surface area contributed by atoms with Gasteiger partial charge in [-0.15, -0.1) is 11.3 Å². The van der Waals surface area contributed by atoms with Gasteiger partial charge in [-0.1, -0.05) is 25.1 Å². The monoisotopic (exact) mass is 245 g/mol. The molecule has 1 N–H and O–H groups in total. The van der Waals surface area contributed by atoms with Gasteiger partial charge in [-0.3, -0.25) is 0 Å². The second-order valence-electron chi connectivity index (χ2n) is 4.32. The molecule has 90 valence electrons. The minimum absolute atomic E-state index is 0.963. The minimum Gasteiger partial charge on any atom is -0.313 e. The van der Waals surface area contributed by atoms with E-state index in [0.29, 0.717) is 0 Å². The average Bonchev–Trinajstić information content (AvgIpc) is 2.77. The summed E-state index contributed by atoms with van der Waals surface area (Å²) >= 11 is 1.81. The number of nitrogens with one attached hydrogen (secondary N) is 1. The van der Waals surface area contributed by atoms with E-state index in [1.165, 1.54) is 28.0 Å². The summed E-state index contributed by atoms with van der Waals surface area (Å²) in [5, 5.41) is 5.67. The smallest absolute Gasteiger partial charge is 0.0205 e. The van der Waals surface area contributed by atoms with Crippen LogP contribution in [0.1, 0.15) is 23.8 Å². The van der Waals surface area contributed by atoms with E-state index in [2.05, 4.69) is 54.9 Å². The highest BCUT2D eigenvalue weighted by atomic mass is 32.1. The van der Waals surface area contributed by atoms with E-state index in [0.717, 1.165) is 13.1 Å². The Hall–Kier alpha value is -1.12. The number of rotatable bonds is 5. The van der Waals surface area contributed by atoms with Crippen LogP contribution in [0, 0.1) is 6.92 Å². The predicted molar refractivity (Wildman–Crippen MR) is 76.5 cm³/mol. The molecule has 0 atom stereocenters. The molecular weight excluding hydrogens is 226 g/mol. The topological polar surface area (TPSA) is 12.0 Å². The van der Waals surface area contributed by atoms with Gasteiger partial charge < -0.3 is 5.32 Å². The quantitative estimate of drug-likeness (QED) is 0.778. The van der Waals surface area contributed by atoms with Crippen LogP contribution < -0.4 is 5.32 Å². The Labute approximate surface area is 108 Å². The summed E-state index contributed by atoms with van der Waals surface area (Å²) in [5.41, 5.74) is 4.02. The fourth-order valence-corrected chi connectivity index (χ4v) is 2.58. The third-order valence-corrected chi connectivity index (χ3v) is 3.61. The summed E-state index contributed by atoms with van der Waals surface area (Å²) in [6, 6.07) is 11.1. The third kappa shape index (κ3) is 3.42. The van der Waals surface area contributed by atoms with Crippen molar-refractivity contribution in [2.24, 2.45) is 0 Å². The maximum Gasteiger partial charge on any atom is 0.0205 e. The van der Waals surface area contributed by atoms with Gasteiger partial charge in [0, 0.05) is 11.4 Å². The highest BCUT2D eigenvalue weighted by Crippen LogP contribution is 2.25. The van der Waals surface area contributed by atoms with Gasteiger partial charge in [0.15, 0.2) is 0 Å². The molecule has 0 unspecified atom stereocenters. The number of benzene rings is 1. The highest BCUT2D eigenvalue weighted by Gasteiger charge is 2.01. The summed E-state index contributed by atoms with van der Waals surface area (Å²) in [4.78, 5) is 1.37. The first-order valence-electron chi connectivity index (χ1n) is 6.14. The van der Waals surface area contributed by atoms with Crippen molar-refractivity contribution in [3.63, 3.8) is 0 Å². The molecule has 1 aromatic heterocycles. The zero-order valence-electron chi connectivity index (χ0n) is 10.5. The van der Waals surface area contributed by atoms with Crippen LogP contribution in [0.5, 0.6) is 0 Å². The first-order chi connectivity index (χ1) is 8.29. The van der Waals surface area contributed by atoms with E-state index in [-0.39, 0.29) is 0 Å². The Kier molecular flexibility index (Phi) is 4.35. The maximum atomic E-state index is 3.44. The normalized spacial score (nSPS) is 10.7. The second-order valence-corrected chi connectivity index (χ2v) is 5.44. The predicted octanol–water partition coefficient (Wildman–Crippen LogP) is 4.22. The molecule has 0 saturated heterocycles. The summed E-state index contributed by atoms with van der Waals surface area (Å²) < 4.78 is 0. The lowest BCUT2D eigenvalue weighted by atomic mass is 10.1. The zero-order valence-corrected chi connectivity index (χ0v) is 11.3. The Bertz CT molecular complexity index is 473. The Morgan fingerprint density at radius 2 is 2.06 bits per heavy atom. The largest absolute Gasteiger partial charge is 0.313 e. The van der Waals surface area contributed by atoms with Crippen molar-refractivity contribution in [3.8, 4) is 11.1 Å². The van der Waals surface area contributed by atoms with Crippen molar-refractivity contribution in [3.05, 3.63) is 46.2 Å². The molecule has 2 aromatic rings. The van der Waals surface area contributed by atoms with Gasteiger partial charge in [-0.25, -0.2) is 0 Å². The van der Waals surface area contributed by atoms with E-state index in [1.807, 2.05) is 11.3 Å². The van der Waals surface area contributed by atoms with Crippen LogP contribution in [0.3, 0.4) is 0 Å². The minimum atomic E-state index is 0.963. The van der Waals surface area contributed by atoms with Gasteiger partial charge in [0.1, 0.15) is 0 Å². The molecule has 0 fully saturated rings. The summed E-state index contributed by atoms with van der Waals surface area (Å²) in [6.45, 7) is 6.39. The molecule has 0 spiro atoms. The summed E-state index contributed by atoms with van der Waals surface area (Å²) in [5.74, 6) is 0. The molecule has 2 rings (SSSR count). The van der Waals surface area contributed by atoms with Crippen molar-refractivity contribution in [1.29, 1.82) is 0 Å². The molecule has 1 nitrogen and oxygen atoms in total. The van der Waals surface area contributed by atoms with Gasteiger partial charge in [-0.2, -0.15) is 0 Å². The molecule has 17 heavy (non-hydrogen) atoms. The van der Waals surface area contributed by atoms with Crippen molar-refractivity contribution < 1.29 is 0 Å². The van der Waals surface area contributed by atoms with Crippen molar-refractivity contribution in [2.75, 3.05) is 6.54 Å². The highest BCUT2D eigenvalue weighted by molar-refractivity contribution is 7.10. The van der Waals surface area contributed by atoms with E-state index >= 15 is 0 Å². The number of thiophene rings is 1. The first kappa shape index (κ1) is 12.3. The molecule has 0 amide bonds. The number of hydrogen-bond donors (Lipinski definition) is 1. The second kappa shape index (κ2) is 5.99. The summed E-state index contributed by atoms with van der Waals surface area (Å²) in [7, 11) is 0. The lowest BCUT2D eigenvalue weighted by molar-refractivity contribution is 0.675. The van der Waals surface area contributed by atoms with Crippen LogP contribution in [-0.4, -0.2) is 6.54 Å². The van der Waals surface area contributed by atoms with E-state index in [9.17, 15) is 0 Å². The van der Waals surface area contributed by atoms with Gasteiger partial charge in [0.05, 0.1) is 0 Å². The fourth-order valence-electron chi connectivity index (χ4n) is 1.87. The lowest BCUT2D eigenvalue weighted by Gasteiger charge is -2.05. The fraction of sp³-hybridized carbons (Fsp3) is 0.333. The molecule has 0 aliphatic rings. The number of aryl methyl sites for hydroxylation is 1. The molecule has 0 aliphatic heterocycles. The molecule has 0 radical (unpaired) electrons. The van der Waals surface area contributed by atoms with Gasteiger partial charge in [0.25, 0.3) is 0 Å². The van der Waals surface area contributed by atoms with Crippen LogP contribution in [0.15, 0.2) is 35.7 Å². The molecule has 0 bridgehead atoms. The van der Waals surface area contributed by atoms with Crippen LogP contribution in [0.2, 0.25) is 0 Å². The Morgan fingerprint density at radius 1 is 1.18 bits per heavy atom. The molecule has 0 saturated carbocycles. The van der Waals surface area contributed by atoms with E-state index in [4.69, 9.17) is 0 Å². The SMILES string of the molecule is CCCNCc1cccc(-c2csc(C)c2)c1. The first-order valence-corrected chi connectivity index (χ1v) is 7.02. The molecule has 1 aromatic carbocycles. The van der Waals surface area contributed by atoms with Crippen LogP contribution in [0.25, 0.3) is 11.1 Å². The number of hydrogen-bond acceptors (Lipinski definition) is 2.